The van der Waals surface area contributed by atoms with Gasteiger partial charge in [0.25, 0.3) is 17.7 Å². The number of aldehydes is 1. The van der Waals surface area contributed by atoms with Crippen LogP contribution in [-0.2, 0) is 28.7 Å². The number of anilines is 1. The van der Waals surface area contributed by atoms with E-state index in [1.165, 1.54) is 56.5 Å². The second-order valence-electron chi connectivity index (χ2n) is 9.17. The van der Waals surface area contributed by atoms with Gasteiger partial charge in [0, 0.05) is 24.7 Å². The molecular formula is C32H49ClN6O7. The van der Waals surface area contributed by atoms with Crippen molar-refractivity contribution in [1.82, 2.24) is 20.5 Å². The van der Waals surface area contributed by atoms with Gasteiger partial charge in [-0.2, -0.15) is 0 Å². The first-order chi connectivity index (χ1) is 21.9. The number of amides is 4. The van der Waals surface area contributed by atoms with Crippen LogP contribution < -0.4 is 22.2 Å². The normalized spacial score (nSPS) is 13.0. The number of rotatable bonds is 11. The fourth-order valence-corrected chi connectivity index (χ4v) is 3.41. The quantitative estimate of drug-likeness (QED) is 0.0401. The average molecular weight is 665 g/mol. The fourth-order valence-electron chi connectivity index (χ4n) is 3.23. The number of ether oxygens (including phenoxy) is 1. The highest BCUT2D eigenvalue weighted by molar-refractivity contribution is 6.33. The van der Waals surface area contributed by atoms with Gasteiger partial charge in [0.05, 0.1) is 23.4 Å². The molecule has 0 radical (unpaired) electrons. The van der Waals surface area contributed by atoms with E-state index in [4.69, 9.17) is 23.2 Å². The van der Waals surface area contributed by atoms with Gasteiger partial charge in [-0.1, -0.05) is 43.7 Å². The van der Waals surface area contributed by atoms with E-state index in [1.807, 2.05) is 18.7 Å². The zero-order valence-electron chi connectivity index (χ0n) is 27.6. The predicted octanol–water partition coefficient (Wildman–Crippen LogP) is 3.30. The van der Waals surface area contributed by atoms with Crippen molar-refractivity contribution < 1.29 is 33.5 Å². The molecule has 4 amide bonds. The van der Waals surface area contributed by atoms with Gasteiger partial charge in [-0.25, -0.2) is 5.84 Å². The van der Waals surface area contributed by atoms with Gasteiger partial charge in [0.15, 0.2) is 0 Å². The molecule has 1 atom stereocenters. The van der Waals surface area contributed by atoms with E-state index in [-0.39, 0.29) is 29.4 Å². The lowest BCUT2D eigenvalue weighted by atomic mass is 10.1. The van der Waals surface area contributed by atoms with Gasteiger partial charge < -0.3 is 30.8 Å². The van der Waals surface area contributed by atoms with E-state index in [1.54, 1.807) is 39.0 Å². The maximum Gasteiger partial charge on any atom is 0.327 e. The van der Waals surface area contributed by atoms with E-state index >= 15 is 0 Å². The van der Waals surface area contributed by atoms with Gasteiger partial charge in [-0.05, 0) is 71.2 Å². The summed E-state index contributed by atoms with van der Waals surface area (Å²) < 4.78 is 4.60. The SMILES string of the molecule is C/C=C/C(=O)N(N)CC(=O)OCC.C/C=C\C=C(\NC(=O)c1ccc(N)c(Cl)c1)C(=O)NC(C)C=O.CC.O=CN1CCCCC1. The molecule has 0 aliphatic carbocycles. The molecular weight excluding hydrogens is 616 g/mol. The number of allylic oxidation sites excluding steroid dienone is 4. The third kappa shape index (κ3) is 19.7. The molecule has 1 aromatic carbocycles. The van der Waals surface area contributed by atoms with E-state index in [0.29, 0.717) is 12.0 Å². The van der Waals surface area contributed by atoms with Gasteiger partial charge in [0.1, 0.15) is 18.5 Å². The Balaban J connectivity index is 0. The number of benzene rings is 1. The van der Waals surface area contributed by atoms with Crippen molar-refractivity contribution in [2.24, 2.45) is 5.84 Å². The van der Waals surface area contributed by atoms with Crippen molar-refractivity contribution in [2.75, 3.05) is 32.0 Å². The summed E-state index contributed by atoms with van der Waals surface area (Å²) in [6, 6.07) is 3.74. The Morgan fingerprint density at radius 2 is 1.72 bits per heavy atom. The largest absolute Gasteiger partial charge is 0.465 e. The summed E-state index contributed by atoms with van der Waals surface area (Å²) >= 11 is 5.88. The number of hydrogen-bond acceptors (Lipinski definition) is 9. The fraction of sp³-hybridized carbons (Fsp3) is 0.438. The van der Waals surface area contributed by atoms with Crippen LogP contribution in [0.1, 0.15) is 71.2 Å². The molecule has 0 saturated carbocycles. The maximum absolute atomic E-state index is 12.2. The van der Waals surface area contributed by atoms with Crippen molar-refractivity contribution in [1.29, 1.82) is 0 Å². The second-order valence-corrected chi connectivity index (χ2v) is 9.58. The summed E-state index contributed by atoms with van der Waals surface area (Å²) in [6.07, 6.45) is 12.8. The lowest BCUT2D eigenvalue weighted by Gasteiger charge is -2.21. The smallest absolute Gasteiger partial charge is 0.327 e. The number of carbonyl (C=O) groups excluding carboxylic acids is 6. The first-order valence-electron chi connectivity index (χ1n) is 14.9. The summed E-state index contributed by atoms with van der Waals surface area (Å²) in [7, 11) is 0. The van der Waals surface area contributed by atoms with Crippen LogP contribution in [0.5, 0.6) is 0 Å². The predicted molar refractivity (Wildman–Crippen MR) is 180 cm³/mol. The van der Waals surface area contributed by atoms with E-state index in [0.717, 1.165) is 24.5 Å². The molecule has 1 aromatic rings. The minimum absolute atomic E-state index is 0.00903. The number of nitrogen functional groups attached to an aromatic ring is 1. The van der Waals surface area contributed by atoms with E-state index in [2.05, 4.69) is 15.4 Å². The number of hydrogen-bond donors (Lipinski definition) is 4. The van der Waals surface area contributed by atoms with E-state index in [9.17, 15) is 28.8 Å². The van der Waals surface area contributed by atoms with Crippen molar-refractivity contribution in [3.63, 3.8) is 0 Å². The number of nitrogens with one attached hydrogen (secondary N) is 2. The van der Waals surface area contributed by atoms with Crippen LogP contribution in [0.2, 0.25) is 5.02 Å². The first kappa shape index (κ1) is 43.6. The number of likely N-dealkylation sites (tertiary alicyclic amines) is 1. The van der Waals surface area contributed by atoms with Crippen molar-refractivity contribution in [3.8, 4) is 0 Å². The molecule has 256 valence electrons. The summed E-state index contributed by atoms with van der Waals surface area (Å²) in [5.41, 5.74) is 6.21. The molecule has 46 heavy (non-hydrogen) atoms. The molecule has 1 fully saturated rings. The zero-order valence-corrected chi connectivity index (χ0v) is 28.3. The van der Waals surface area contributed by atoms with Crippen LogP contribution in [0.3, 0.4) is 0 Å². The molecule has 1 aliphatic rings. The summed E-state index contributed by atoms with van der Waals surface area (Å²) in [5.74, 6) is 3.25. The van der Waals surface area contributed by atoms with Crippen molar-refractivity contribution >= 4 is 53.7 Å². The Labute approximate surface area is 277 Å². The molecule has 1 heterocycles. The first-order valence-corrected chi connectivity index (χ1v) is 15.3. The zero-order chi connectivity index (χ0) is 35.5. The van der Waals surface area contributed by atoms with Crippen LogP contribution in [0.25, 0.3) is 0 Å². The molecule has 1 unspecified atom stereocenters. The standard InChI is InChI=1S/C16H18ClN3O3.C8H14N2O3.C6H11NO.C2H6/c1-3-4-5-14(16(23)19-10(2)9-21)20-15(22)11-6-7-13(18)12(17)8-11;1-3-5-7(11)10(9)6-8(12)13-4-2;8-6-7-4-2-1-3-5-7;1-2/h3-10H,18H2,1-2H3,(H,19,23)(H,20,22);3,5H,4,6,9H2,1-2H3;6H,1-5H2;1-2H3/b4-3-,14-5+;5-3+;;. The van der Waals surface area contributed by atoms with Gasteiger partial charge in [0.2, 0.25) is 6.41 Å². The molecule has 1 saturated heterocycles. The number of esters is 1. The third-order valence-corrected chi connectivity index (χ3v) is 5.84. The molecule has 14 heteroatoms. The minimum atomic E-state index is -0.667. The van der Waals surface area contributed by atoms with Crippen LogP contribution in [0, 0.1) is 0 Å². The second kappa shape index (κ2) is 26.9. The number of carbonyl (C=O) groups is 6. The topological polar surface area (TPSA) is 194 Å². The van der Waals surface area contributed by atoms with Crippen molar-refractivity contribution in [3.05, 3.63) is 64.9 Å². The third-order valence-electron chi connectivity index (χ3n) is 5.51. The van der Waals surface area contributed by atoms with Crippen LogP contribution in [0.4, 0.5) is 5.69 Å². The van der Waals surface area contributed by atoms with E-state index < -0.39 is 29.7 Å². The highest BCUT2D eigenvalue weighted by atomic mass is 35.5. The molecule has 0 spiro atoms. The highest BCUT2D eigenvalue weighted by Gasteiger charge is 2.16. The molecule has 0 bridgehead atoms. The number of hydrazine groups is 1. The van der Waals surface area contributed by atoms with Crippen LogP contribution in [-0.4, -0.2) is 78.6 Å². The van der Waals surface area contributed by atoms with Crippen molar-refractivity contribution in [2.45, 2.75) is 66.8 Å². The Bertz CT molecular complexity index is 1200. The lowest BCUT2D eigenvalue weighted by molar-refractivity contribution is -0.147. The molecule has 2 rings (SSSR count). The van der Waals surface area contributed by atoms with Gasteiger partial charge >= 0.3 is 5.97 Å². The monoisotopic (exact) mass is 664 g/mol. The number of halogens is 1. The Hall–Kier alpha value is -4.49. The summed E-state index contributed by atoms with van der Waals surface area (Å²) in [4.78, 5) is 68.7. The highest BCUT2D eigenvalue weighted by Crippen LogP contribution is 2.19. The van der Waals surface area contributed by atoms with Gasteiger partial charge in [-0.3, -0.25) is 29.0 Å². The molecule has 6 N–H and O–H groups in total. The minimum Gasteiger partial charge on any atom is -0.465 e. The van der Waals surface area contributed by atoms with Gasteiger partial charge in [-0.15, -0.1) is 0 Å². The average Bonchev–Trinajstić information content (AvgIpc) is 3.06. The number of piperidine rings is 1. The maximum atomic E-state index is 12.2. The van der Waals surface area contributed by atoms with Crippen LogP contribution in [0.15, 0.2) is 54.3 Å². The number of nitrogens with zero attached hydrogens (tertiary/aromatic N) is 2. The summed E-state index contributed by atoms with van der Waals surface area (Å²) in [6.45, 7) is 12.7. The molecule has 13 nitrogen and oxygen atoms in total. The lowest BCUT2D eigenvalue weighted by Crippen LogP contribution is -2.40. The summed E-state index contributed by atoms with van der Waals surface area (Å²) in [5, 5.41) is 5.98. The Morgan fingerprint density at radius 1 is 1.09 bits per heavy atom. The Morgan fingerprint density at radius 3 is 2.20 bits per heavy atom. The molecule has 0 aromatic heterocycles. The Kier molecular flexibility index (Phi) is 25.5. The molecule has 1 aliphatic heterocycles. The van der Waals surface area contributed by atoms with Crippen LogP contribution >= 0.6 is 11.6 Å². The number of nitrogens with two attached hydrogens (primary N) is 2.